The molecule has 0 bridgehead atoms. The average molecular weight is 370 g/mol. The number of hydrogen-bond donors (Lipinski definition) is 0. The van der Waals surface area contributed by atoms with Gasteiger partial charge in [0.05, 0.1) is 0 Å². The smallest absolute Gasteiger partial charge is 0.431 e. The molecule has 0 aromatic heterocycles. The zero-order chi connectivity index (χ0) is 19.5. The van der Waals surface area contributed by atoms with Crippen molar-refractivity contribution >= 4 is 12.3 Å². The highest BCUT2D eigenvalue weighted by molar-refractivity contribution is 5.61. The van der Waals surface area contributed by atoms with Gasteiger partial charge in [0.2, 0.25) is 0 Å². The van der Waals surface area contributed by atoms with Crippen LogP contribution in [0.2, 0.25) is 0 Å². The van der Waals surface area contributed by atoms with Gasteiger partial charge in [0.1, 0.15) is 23.4 Å². The Bertz CT molecular complexity index is 457. The molecule has 2 rings (SSSR count). The van der Waals surface area contributed by atoms with Crippen LogP contribution in [0, 0.1) is 11.8 Å². The summed E-state index contributed by atoms with van der Waals surface area (Å²) < 4.78 is 21.5. The van der Waals surface area contributed by atoms with Crippen molar-refractivity contribution in [3.8, 4) is 0 Å². The van der Waals surface area contributed by atoms with E-state index >= 15 is 0 Å². The van der Waals surface area contributed by atoms with Gasteiger partial charge in [-0.25, -0.2) is 9.59 Å². The largest absolute Gasteiger partial charge is 0.509 e. The zero-order valence-electron chi connectivity index (χ0n) is 17.0. The molecule has 150 valence electrons. The van der Waals surface area contributed by atoms with Gasteiger partial charge in [0.15, 0.2) is 0 Å². The second-order valence-electron chi connectivity index (χ2n) is 9.55. The molecule has 2 saturated carbocycles. The Morgan fingerprint density at radius 2 is 1.04 bits per heavy atom. The summed E-state index contributed by atoms with van der Waals surface area (Å²) in [6.45, 7) is 10.9. The fourth-order valence-corrected chi connectivity index (χ4v) is 3.84. The number of carbonyl (C=O) groups excluding carboxylic acids is 2. The van der Waals surface area contributed by atoms with Gasteiger partial charge in [-0.2, -0.15) is 0 Å². The lowest BCUT2D eigenvalue weighted by Gasteiger charge is -2.41. The van der Waals surface area contributed by atoms with E-state index in [1.807, 2.05) is 41.5 Å². The maximum absolute atomic E-state index is 11.9. The van der Waals surface area contributed by atoms with E-state index in [9.17, 15) is 9.59 Å². The highest BCUT2D eigenvalue weighted by Gasteiger charge is 2.39. The van der Waals surface area contributed by atoms with Crippen LogP contribution in [0.25, 0.3) is 0 Å². The van der Waals surface area contributed by atoms with Gasteiger partial charge in [0, 0.05) is 0 Å². The average Bonchev–Trinajstić information content (AvgIpc) is 2.42. The molecule has 2 aliphatic rings. The number of hydrogen-bond acceptors (Lipinski definition) is 6. The number of ether oxygens (including phenoxy) is 4. The summed E-state index contributed by atoms with van der Waals surface area (Å²) in [5.41, 5.74) is -1.10. The van der Waals surface area contributed by atoms with Gasteiger partial charge in [-0.15, -0.1) is 0 Å². The Hall–Kier alpha value is -1.46. The van der Waals surface area contributed by atoms with Crippen molar-refractivity contribution < 1.29 is 28.5 Å². The Kier molecular flexibility index (Phi) is 6.46. The third kappa shape index (κ3) is 7.04. The van der Waals surface area contributed by atoms with Crippen molar-refractivity contribution in [2.24, 2.45) is 11.8 Å². The minimum absolute atomic E-state index is 0.119. The molecule has 0 heterocycles. The minimum Gasteiger partial charge on any atom is -0.431 e. The predicted molar refractivity (Wildman–Crippen MR) is 96.9 cm³/mol. The van der Waals surface area contributed by atoms with Gasteiger partial charge in [-0.1, -0.05) is 0 Å². The topological polar surface area (TPSA) is 71.1 Å². The third-order valence-electron chi connectivity index (χ3n) is 4.82. The van der Waals surface area contributed by atoms with Crippen LogP contribution in [-0.4, -0.2) is 35.7 Å². The maximum atomic E-state index is 11.9. The van der Waals surface area contributed by atoms with Crippen LogP contribution in [0.1, 0.15) is 80.1 Å². The lowest BCUT2D eigenvalue weighted by molar-refractivity contribution is -0.0664. The highest BCUT2D eigenvalue weighted by Crippen LogP contribution is 2.42. The van der Waals surface area contributed by atoms with Crippen molar-refractivity contribution in [3.05, 3.63) is 0 Å². The summed E-state index contributed by atoms with van der Waals surface area (Å²) in [7, 11) is 0. The first-order valence-electron chi connectivity index (χ1n) is 9.70. The van der Waals surface area contributed by atoms with Crippen LogP contribution < -0.4 is 0 Å². The van der Waals surface area contributed by atoms with Crippen molar-refractivity contribution in [1.29, 1.82) is 0 Å². The molecule has 0 aromatic carbocycles. The molecule has 2 unspecified atom stereocenters. The monoisotopic (exact) mass is 370 g/mol. The van der Waals surface area contributed by atoms with Gasteiger partial charge >= 0.3 is 12.3 Å². The summed E-state index contributed by atoms with van der Waals surface area (Å²) in [5, 5.41) is 0. The molecule has 2 aliphatic carbocycles. The van der Waals surface area contributed by atoms with Crippen LogP contribution in [0.15, 0.2) is 0 Å². The van der Waals surface area contributed by atoms with E-state index in [4.69, 9.17) is 18.9 Å². The first kappa shape index (κ1) is 20.8. The van der Waals surface area contributed by atoms with Crippen molar-refractivity contribution in [2.45, 2.75) is 103 Å². The molecule has 0 saturated heterocycles. The normalized spacial score (nSPS) is 29.3. The Morgan fingerprint density at radius 1 is 0.654 bits per heavy atom. The lowest BCUT2D eigenvalue weighted by Crippen LogP contribution is -2.39. The molecule has 2 fully saturated rings. The molecule has 6 heteroatoms. The third-order valence-corrected chi connectivity index (χ3v) is 4.82. The summed E-state index contributed by atoms with van der Waals surface area (Å²) in [4.78, 5) is 23.8. The van der Waals surface area contributed by atoms with Crippen LogP contribution in [0.3, 0.4) is 0 Å². The van der Waals surface area contributed by atoms with Crippen molar-refractivity contribution in [2.75, 3.05) is 0 Å². The molecule has 0 aliphatic heterocycles. The first-order valence-corrected chi connectivity index (χ1v) is 9.70. The van der Waals surface area contributed by atoms with E-state index in [-0.39, 0.29) is 12.2 Å². The molecule has 0 aromatic rings. The SMILES string of the molecule is CC(C)(C)OC(=O)OC1CCC2CCC(OC(=O)OC(C)(C)C)CC2C1. The zero-order valence-corrected chi connectivity index (χ0v) is 17.0. The summed E-state index contributed by atoms with van der Waals surface area (Å²) in [6, 6.07) is 0. The minimum atomic E-state index is -0.599. The van der Waals surface area contributed by atoms with Gasteiger partial charge in [0.25, 0.3) is 0 Å². The molecule has 0 spiro atoms. The number of fused-ring (bicyclic) bond motifs is 1. The first-order chi connectivity index (χ1) is 11.9. The molecular formula is C20H34O6. The van der Waals surface area contributed by atoms with Gasteiger partial charge in [-0.3, -0.25) is 0 Å². The molecule has 0 radical (unpaired) electrons. The van der Waals surface area contributed by atoms with Crippen LogP contribution in [-0.2, 0) is 18.9 Å². The standard InChI is InChI=1S/C20H34O6/c1-19(2,3)25-17(21)23-15-9-7-13-8-10-16(12-14(13)11-15)24-18(22)26-20(4,5)6/h13-16H,7-12H2,1-6H3. The predicted octanol–water partition coefficient (Wildman–Crippen LogP) is 5.23. The molecule has 0 amide bonds. The van der Waals surface area contributed by atoms with Crippen molar-refractivity contribution in [1.82, 2.24) is 0 Å². The quantitative estimate of drug-likeness (QED) is 0.620. The summed E-state index contributed by atoms with van der Waals surface area (Å²) >= 11 is 0. The van der Waals surface area contributed by atoms with Crippen LogP contribution >= 0.6 is 0 Å². The maximum Gasteiger partial charge on any atom is 0.509 e. The van der Waals surface area contributed by atoms with Crippen LogP contribution in [0.4, 0.5) is 9.59 Å². The fourth-order valence-electron chi connectivity index (χ4n) is 3.84. The molecule has 0 N–H and O–H groups in total. The molecular weight excluding hydrogens is 336 g/mol. The molecule has 26 heavy (non-hydrogen) atoms. The second-order valence-corrected chi connectivity index (χ2v) is 9.55. The molecule has 2 atom stereocenters. The van der Waals surface area contributed by atoms with E-state index in [0.717, 1.165) is 38.5 Å². The lowest BCUT2D eigenvalue weighted by atomic mass is 9.69. The van der Waals surface area contributed by atoms with Crippen molar-refractivity contribution in [3.63, 3.8) is 0 Å². The Morgan fingerprint density at radius 3 is 1.38 bits per heavy atom. The fraction of sp³-hybridized carbons (Fsp3) is 0.900. The van der Waals surface area contributed by atoms with E-state index in [1.54, 1.807) is 0 Å². The van der Waals surface area contributed by atoms with E-state index in [0.29, 0.717) is 11.8 Å². The van der Waals surface area contributed by atoms with Gasteiger partial charge in [-0.05, 0) is 91.9 Å². The second kappa shape index (κ2) is 8.05. The van der Waals surface area contributed by atoms with E-state index in [1.165, 1.54) is 0 Å². The van der Waals surface area contributed by atoms with Crippen LogP contribution in [0.5, 0.6) is 0 Å². The number of rotatable bonds is 2. The van der Waals surface area contributed by atoms with E-state index < -0.39 is 23.5 Å². The summed E-state index contributed by atoms with van der Waals surface area (Å²) in [5.74, 6) is 1.02. The van der Waals surface area contributed by atoms with Gasteiger partial charge < -0.3 is 18.9 Å². The molecule has 6 nitrogen and oxygen atoms in total. The Balaban J connectivity index is 1.82. The van der Waals surface area contributed by atoms with E-state index in [2.05, 4.69) is 0 Å². The summed E-state index contributed by atoms with van der Waals surface area (Å²) in [6.07, 6.45) is 4.00. The number of carbonyl (C=O) groups is 2. The highest BCUT2D eigenvalue weighted by atomic mass is 16.7. The Labute approximate surface area is 156 Å².